The molecule has 0 saturated carbocycles. The summed E-state index contributed by atoms with van der Waals surface area (Å²) in [6.07, 6.45) is 3.39. The maximum Gasteiger partial charge on any atom is 0.274 e. The Hall–Kier alpha value is -4.12. The van der Waals surface area contributed by atoms with Gasteiger partial charge in [0, 0.05) is 56.2 Å². The van der Waals surface area contributed by atoms with E-state index >= 15 is 0 Å². The highest BCUT2D eigenvalue weighted by Gasteiger charge is 2.28. The Bertz CT molecular complexity index is 1570. The third-order valence-corrected chi connectivity index (χ3v) is 7.20. The summed E-state index contributed by atoms with van der Waals surface area (Å²) in [5, 5.41) is 9.62. The number of anilines is 1. The number of aromatic nitrogens is 4. The first kappa shape index (κ1) is 25.5. The van der Waals surface area contributed by atoms with Crippen LogP contribution in [0.1, 0.15) is 25.5 Å². The van der Waals surface area contributed by atoms with Crippen LogP contribution in [0.25, 0.3) is 22.0 Å². The second kappa shape index (κ2) is 9.97. The van der Waals surface area contributed by atoms with Crippen LogP contribution in [0.2, 0.25) is 0 Å². The second-order valence-corrected chi connectivity index (χ2v) is 9.56. The van der Waals surface area contributed by atoms with E-state index in [-0.39, 0.29) is 23.1 Å². The summed E-state index contributed by atoms with van der Waals surface area (Å²) in [5.74, 6) is -0.866. The average molecular weight is 523 g/mol. The van der Waals surface area contributed by atoms with Gasteiger partial charge in [0.05, 0.1) is 16.9 Å². The first-order chi connectivity index (χ1) is 18.2. The third-order valence-electron chi connectivity index (χ3n) is 7.20. The van der Waals surface area contributed by atoms with Crippen molar-refractivity contribution in [1.29, 1.82) is 0 Å². The zero-order valence-electron chi connectivity index (χ0n) is 21.3. The van der Waals surface area contributed by atoms with E-state index in [2.05, 4.69) is 9.97 Å². The van der Waals surface area contributed by atoms with Gasteiger partial charge in [0.2, 0.25) is 11.9 Å². The molecule has 1 N–H and O–H groups in total. The molecule has 1 unspecified atom stereocenters. The van der Waals surface area contributed by atoms with E-state index in [4.69, 9.17) is 5.11 Å². The molecule has 0 aliphatic carbocycles. The van der Waals surface area contributed by atoms with Gasteiger partial charge in [0.15, 0.2) is 0 Å². The Morgan fingerprint density at radius 3 is 2.53 bits per heavy atom. The summed E-state index contributed by atoms with van der Waals surface area (Å²) in [6.45, 7) is 4.69. The van der Waals surface area contributed by atoms with E-state index in [9.17, 15) is 18.4 Å². The van der Waals surface area contributed by atoms with Crippen molar-refractivity contribution in [2.75, 3.05) is 31.1 Å². The Kier molecular flexibility index (Phi) is 6.70. The summed E-state index contributed by atoms with van der Waals surface area (Å²) in [5.41, 5.74) is 1.97. The van der Waals surface area contributed by atoms with E-state index in [1.165, 1.54) is 4.68 Å². The lowest BCUT2D eigenvalue weighted by atomic mass is 10.1. The Morgan fingerprint density at radius 2 is 1.84 bits per heavy atom. The number of aliphatic hydroxyl groups is 1. The summed E-state index contributed by atoms with van der Waals surface area (Å²) in [6, 6.07) is 7.90. The van der Waals surface area contributed by atoms with Gasteiger partial charge in [0.25, 0.3) is 5.56 Å². The van der Waals surface area contributed by atoms with E-state index < -0.39 is 24.3 Å². The summed E-state index contributed by atoms with van der Waals surface area (Å²) in [4.78, 5) is 37.5. The fraction of sp³-hybridized carbons (Fsp3) is 0.333. The van der Waals surface area contributed by atoms with Gasteiger partial charge >= 0.3 is 0 Å². The number of hydrogen-bond donors (Lipinski definition) is 1. The molecule has 9 nitrogen and oxygen atoms in total. The topological polar surface area (TPSA) is 96.5 Å². The number of aliphatic hydroxyl groups excluding tert-OH is 1. The quantitative estimate of drug-likeness (QED) is 0.433. The van der Waals surface area contributed by atoms with Crippen LogP contribution in [0.4, 0.5) is 14.7 Å². The maximum atomic E-state index is 14.6. The third kappa shape index (κ3) is 4.43. The van der Waals surface area contributed by atoms with Crippen LogP contribution in [0.15, 0.2) is 53.6 Å². The van der Waals surface area contributed by atoms with E-state index in [1.807, 2.05) is 17.9 Å². The van der Waals surface area contributed by atoms with Crippen molar-refractivity contribution in [3.63, 3.8) is 0 Å². The SMILES string of the molecule is CC(c1cc(F)ccc1F)n1c2cc(-c3cnc(N4CCN(C(=O)CO)[C@H](C)C4)nc3)ccc2c(=O)n1C. The van der Waals surface area contributed by atoms with Crippen LogP contribution in [0.5, 0.6) is 0 Å². The number of amides is 1. The maximum absolute atomic E-state index is 14.6. The van der Waals surface area contributed by atoms with Crippen molar-refractivity contribution in [2.45, 2.75) is 25.9 Å². The first-order valence-corrected chi connectivity index (χ1v) is 12.3. The molecule has 0 spiro atoms. The smallest absolute Gasteiger partial charge is 0.274 e. The number of fused-ring (bicyclic) bond motifs is 1. The number of rotatable bonds is 5. The Balaban J connectivity index is 1.46. The minimum absolute atomic E-state index is 0.0891. The lowest BCUT2D eigenvalue weighted by molar-refractivity contribution is -0.136. The number of carbonyl (C=O) groups is 1. The van der Waals surface area contributed by atoms with Crippen molar-refractivity contribution < 1.29 is 18.7 Å². The van der Waals surface area contributed by atoms with Gasteiger partial charge in [0.1, 0.15) is 18.2 Å². The van der Waals surface area contributed by atoms with E-state index in [0.717, 1.165) is 29.3 Å². The molecule has 38 heavy (non-hydrogen) atoms. The number of nitrogens with zero attached hydrogens (tertiary/aromatic N) is 6. The molecular formula is C27H28F2N6O3. The summed E-state index contributed by atoms with van der Waals surface area (Å²) in [7, 11) is 1.60. The highest BCUT2D eigenvalue weighted by atomic mass is 19.1. The predicted octanol–water partition coefficient (Wildman–Crippen LogP) is 2.71. The van der Waals surface area contributed by atoms with Crippen LogP contribution in [-0.4, -0.2) is 67.5 Å². The van der Waals surface area contributed by atoms with Crippen molar-refractivity contribution in [3.05, 3.63) is 76.3 Å². The van der Waals surface area contributed by atoms with Gasteiger partial charge in [-0.2, -0.15) is 0 Å². The van der Waals surface area contributed by atoms with Crippen molar-refractivity contribution in [2.24, 2.45) is 7.05 Å². The molecule has 1 aliphatic heterocycles. The molecule has 1 saturated heterocycles. The molecule has 2 atom stereocenters. The zero-order valence-corrected chi connectivity index (χ0v) is 21.3. The minimum Gasteiger partial charge on any atom is -0.387 e. The van der Waals surface area contributed by atoms with Crippen LogP contribution >= 0.6 is 0 Å². The second-order valence-electron chi connectivity index (χ2n) is 9.56. The molecule has 1 amide bonds. The summed E-state index contributed by atoms with van der Waals surface area (Å²) >= 11 is 0. The summed E-state index contributed by atoms with van der Waals surface area (Å²) < 4.78 is 31.5. The molecular weight excluding hydrogens is 494 g/mol. The average Bonchev–Trinajstić information content (AvgIpc) is 3.18. The predicted molar refractivity (Wildman–Crippen MR) is 139 cm³/mol. The van der Waals surface area contributed by atoms with E-state index in [1.54, 1.807) is 48.1 Å². The fourth-order valence-corrected chi connectivity index (χ4v) is 5.18. The highest BCUT2D eigenvalue weighted by molar-refractivity contribution is 5.84. The number of hydrogen-bond acceptors (Lipinski definition) is 6. The molecule has 11 heteroatoms. The molecule has 3 heterocycles. The largest absolute Gasteiger partial charge is 0.387 e. The van der Waals surface area contributed by atoms with Crippen molar-refractivity contribution >= 4 is 22.8 Å². The van der Waals surface area contributed by atoms with Crippen LogP contribution < -0.4 is 10.5 Å². The molecule has 4 aromatic rings. The number of piperazine rings is 1. The highest BCUT2D eigenvalue weighted by Crippen LogP contribution is 2.29. The zero-order chi connectivity index (χ0) is 27.1. The molecule has 2 aromatic carbocycles. The van der Waals surface area contributed by atoms with Crippen LogP contribution in [-0.2, 0) is 11.8 Å². The normalized spacial score (nSPS) is 16.7. The molecule has 1 fully saturated rings. The molecule has 198 valence electrons. The van der Waals surface area contributed by atoms with Gasteiger partial charge in [-0.25, -0.2) is 18.7 Å². The lowest BCUT2D eigenvalue weighted by Gasteiger charge is -2.39. The van der Waals surface area contributed by atoms with Crippen LogP contribution in [0, 0.1) is 11.6 Å². The Labute approximate surface area is 217 Å². The van der Waals surface area contributed by atoms with Gasteiger partial charge in [-0.15, -0.1) is 0 Å². The minimum atomic E-state index is -0.645. The lowest BCUT2D eigenvalue weighted by Crippen LogP contribution is -2.55. The number of carbonyl (C=O) groups excluding carboxylic acids is 1. The molecule has 0 bridgehead atoms. The Morgan fingerprint density at radius 1 is 1.11 bits per heavy atom. The number of benzene rings is 2. The molecule has 1 aliphatic rings. The monoisotopic (exact) mass is 522 g/mol. The number of halogens is 2. The molecule has 2 aromatic heterocycles. The molecule has 0 radical (unpaired) electrons. The first-order valence-electron chi connectivity index (χ1n) is 12.3. The van der Waals surface area contributed by atoms with Gasteiger partial charge in [-0.05, 0) is 49.7 Å². The van der Waals surface area contributed by atoms with Gasteiger partial charge < -0.3 is 14.9 Å². The van der Waals surface area contributed by atoms with Gasteiger partial charge in [-0.3, -0.25) is 19.0 Å². The van der Waals surface area contributed by atoms with E-state index in [0.29, 0.717) is 36.5 Å². The van der Waals surface area contributed by atoms with Gasteiger partial charge in [-0.1, -0.05) is 6.07 Å². The van der Waals surface area contributed by atoms with Crippen LogP contribution in [0.3, 0.4) is 0 Å². The standard InChI is InChI=1S/C27H28F2N6O3/c1-16-14-33(8-9-34(16)25(37)15-36)27-30-12-19(13-31-27)18-4-6-21-24(10-18)35(32(3)26(21)38)17(2)22-11-20(28)5-7-23(22)29/h4-7,10-13,16-17,36H,8-9,14-15H2,1-3H3/t16-,17?/m1/s1. The van der Waals surface area contributed by atoms with Crippen molar-refractivity contribution in [3.8, 4) is 11.1 Å². The fourth-order valence-electron chi connectivity index (χ4n) is 5.18. The van der Waals surface area contributed by atoms with Crippen molar-refractivity contribution in [1.82, 2.24) is 24.2 Å². The molecule has 5 rings (SSSR count).